The van der Waals surface area contributed by atoms with E-state index >= 15 is 0 Å². The molecular formula is C19H23N5O2S2. The number of hydrogen-bond acceptors (Lipinski definition) is 7. The first-order valence-electron chi connectivity index (χ1n) is 9.11. The number of benzene rings is 1. The minimum absolute atomic E-state index is 0.118. The molecule has 2 aromatic heterocycles. The number of ether oxygens (including phenoxy) is 1. The van der Waals surface area contributed by atoms with Crippen molar-refractivity contribution in [1.82, 2.24) is 19.7 Å². The van der Waals surface area contributed by atoms with E-state index in [2.05, 4.69) is 39.6 Å². The van der Waals surface area contributed by atoms with Crippen LogP contribution >= 0.6 is 23.1 Å². The highest BCUT2D eigenvalue weighted by Gasteiger charge is 2.19. The lowest BCUT2D eigenvalue weighted by molar-refractivity contribution is -0.113. The SMILES string of the molecule is CCc1ccc(O[C@H](C)c2nnc(SCC(=O)Nc3nccs3)n2CC)cc1. The van der Waals surface area contributed by atoms with E-state index in [9.17, 15) is 4.79 Å². The Morgan fingerprint density at radius 2 is 2.07 bits per heavy atom. The number of nitrogens with zero attached hydrogens (tertiary/aromatic N) is 4. The van der Waals surface area contributed by atoms with Crippen LogP contribution in [-0.4, -0.2) is 31.4 Å². The quantitative estimate of drug-likeness (QED) is 0.526. The Bertz CT molecular complexity index is 894. The van der Waals surface area contributed by atoms with E-state index in [1.54, 1.807) is 6.20 Å². The van der Waals surface area contributed by atoms with Gasteiger partial charge in [-0.25, -0.2) is 4.98 Å². The van der Waals surface area contributed by atoms with Crippen molar-refractivity contribution < 1.29 is 9.53 Å². The van der Waals surface area contributed by atoms with Crippen LogP contribution in [0.25, 0.3) is 0 Å². The lowest BCUT2D eigenvalue weighted by atomic mass is 10.2. The molecule has 0 unspecified atom stereocenters. The van der Waals surface area contributed by atoms with Gasteiger partial charge in [-0.1, -0.05) is 30.8 Å². The van der Waals surface area contributed by atoms with E-state index in [4.69, 9.17) is 4.74 Å². The average Bonchev–Trinajstić information content (AvgIpc) is 3.36. The molecule has 0 bridgehead atoms. The zero-order valence-electron chi connectivity index (χ0n) is 16.1. The Morgan fingerprint density at radius 3 is 2.71 bits per heavy atom. The lowest BCUT2D eigenvalue weighted by Gasteiger charge is -2.15. The number of thioether (sulfide) groups is 1. The summed E-state index contributed by atoms with van der Waals surface area (Å²) in [7, 11) is 0. The van der Waals surface area contributed by atoms with Crippen LogP contribution in [-0.2, 0) is 17.8 Å². The summed E-state index contributed by atoms with van der Waals surface area (Å²) < 4.78 is 8.01. The zero-order valence-corrected chi connectivity index (χ0v) is 17.7. The third-order valence-corrected chi connectivity index (χ3v) is 5.74. The van der Waals surface area contributed by atoms with Gasteiger partial charge >= 0.3 is 0 Å². The minimum atomic E-state index is -0.251. The van der Waals surface area contributed by atoms with E-state index < -0.39 is 0 Å². The molecule has 0 aliphatic rings. The van der Waals surface area contributed by atoms with Crippen molar-refractivity contribution in [3.63, 3.8) is 0 Å². The number of aromatic nitrogens is 4. The number of aryl methyl sites for hydroxylation is 1. The van der Waals surface area contributed by atoms with Crippen LogP contribution in [0.5, 0.6) is 5.75 Å². The van der Waals surface area contributed by atoms with Crippen molar-refractivity contribution in [2.24, 2.45) is 0 Å². The highest BCUT2D eigenvalue weighted by molar-refractivity contribution is 7.99. The molecule has 1 atom stereocenters. The Labute approximate surface area is 172 Å². The van der Waals surface area contributed by atoms with Gasteiger partial charge in [0.2, 0.25) is 5.91 Å². The summed E-state index contributed by atoms with van der Waals surface area (Å²) in [6.45, 7) is 6.79. The first-order valence-corrected chi connectivity index (χ1v) is 11.0. The summed E-state index contributed by atoms with van der Waals surface area (Å²) >= 11 is 2.74. The van der Waals surface area contributed by atoms with Gasteiger partial charge in [0.15, 0.2) is 22.2 Å². The van der Waals surface area contributed by atoms with Gasteiger partial charge in [-0.2, -0.15) is 0 Å². The second-order valence-electron chi connectivity index (χ2n) is 6.02. The van der Waals surface area contributed by atoms with Gasteiger partial charge in [0.05, 0.1) is 5.75 Å². The van der Waals surface area contributed by atoms with Crippen LogP contribution in [0.2, 0.25) is 0 Å². The van der Waals surface area contributed by atoms with Crippen LogP contribution in [0.4, 0.5) is 5.13 Å². The van der Waals surface area contributed by atoms with Gasteiger partial charge in [0.1, 0.15) is 5.75 Å². The van der Waals surface area contributed by atoms with Gasteiger partial charge < -0.3 is 14.6 Å². The maximum absolute atomic E-state index is 12.1. The maximum Gasteiger partial charge on any atom is 0.236 e. The Hall–Kier alpha value is -2.39. The normalized spacial score (nSPS) is 12.0. The Kier molecular flexibility index (Phi) is 7.05. The first-order chi connectivity index (χ1) is 13.6. The van der Waals surface area contributed by atoms with Gasteiger partial charge in [0.25, 0.3) is 0 Å². The van der Waals surface area contributed by atoms with Crippen molar-refractivity contribution >= 4 is 34.1 Å². The van der Waals surface area contributed by atoms with Crippen LogP contribution in [0.15, 0.2) is 41.0 Å². The molecular weight excluding hydrogens is 394 g/mol. The Morgan fingerprint density at radius 1 is 1.29 bits per heavy atom. The van der Waals surface area contributed by atoms with Gasteiger partial charge in [-0.3, -0.25) is 4.79 Å². The summed E-state index contributed by atoms with van der Waals surface area (Å²) in [6, 6.07) is 8.07. The van der Waals surface area contributed by atoms with Crippen molar-refractivity contribution in [3.8, 4) is 5.75 Å². The molecule has 9 heteroatoms. The average molecular weight is 418 g/mol. The molecule has 0 aliphatic heterocycles. The monoisotopic (exact) mass is 417 g/mol. The number of amides is 1. The van der Waals surface area contributed by atoms with Crippen LogP contribution < -0.4 is 10.1 Å². The largest absolute Gasteiger partial charge is 0.483 e. The highest BCUT2D eigenvalue weighted by atomic mass is 32.2. The predicted octanol–water partition coefficient (Wildman–Crippen LogP) is 4.19. The number of nitrogens with one attached hydrogen (secondary N) is 1. The highest BCUT2D eigenvalue weighted by Crippen LogP contribution is 2.25. The number of rotatable bonds is 9. The molecule has 148 valence electrons. The molecule has 1 aromatic carbocycles. The van der Waals surface area contributed by atoms with E-state index in [1.165, 1.54) is 28.7 Å². The molecule has 1 N–H and O–H groups in total. The smallest absolute Gasteiger partial charge is 0.236 e. The molecule has 2 heterocycles. The number of hydrogen-bond donors (Lipinski definition) is 1. The van der Waals surface area contributed by atoms with E-state index in [0.717, 1.165) is 18.0 Å². The second kappa shape index (κ2) is 9.70. The minimum Gasteiger partial charge on any atom is -0.483 e. The van der Waals surface area contributed by atoms with Gasteiger partial charge in [-0.15, -0.1) is 21.5 Å². The summed E-state index contributed by atoms with van der Waals surface area (Å²) in [5, 5.41) is 14.4. The molecule has 0 aliphatic carbocycles. The number of carbonyl (C=O) groups is 1. The van der Waals surface area contributed by atoms with E-state index in [1.807, 2.05) is 35.9 Å². The molecule has 1 amide bonds. The standard InChI is InChI=1S/C19H23N5O2S2/c1-4-14-6-8-15(9-7-14)26-13(3)17-22-23-19(24(17)5-2)28-12-16(25)21-18-20-10-11-27-18/h6-11,13H,4-5,12H2,1-3H3,(H,20,21,25)/t13-/m1/s1. The fraction of sp³-hybridized carbons (Fsp3) is 0.368. The summed E-state index contributed by atoms with van der Waals surface area (Å²) in [5.41, 5.74) is 1.27. The predicted molar refractivity (Wildman–Crippen MR) is 112 cm³/mol. The summed E-state index contributed by atoms with van der Waals surface area (Å²) in [4.78, 5) is 16.1. The van der Waals surface area contributed by atoms with Crippen LogP contribution in [0.1, 0.15) is 38.3 Å². The number of thiazole rings is 1. The fourth-order valence-electron chi connectivity index (χ4n) is 2.64. The third-order valence-electron chi connectivity index (χ3n) is 4.08. The molecule has 28 heavy (non-hydrogen) atoms. The van der Waals surface area contributed by atoms with Crippen molar-refractivity contribution in [3.05, 3.63) is 47.2 Å². The maximum atomic E-state index is 12.1. The molecule has 0 fully saturated rings. The lowest BCUT2D eigenvalue weighted by Crippen LogP contribution is -2.15. The molecule has 0 saturated heterocycles. The molecule has 0 spiro atoms. The molecule has 7 nitrogen and oxygen atoms in total. The van der Waals surface area contributed by atoms with Crippen molar-refractivity contribution in [2.45, 2.75) is 45.0 Å². The molecule has 0 radical (unpaired) electrons. The van der Waals surface area contributed by atoms with Gasteiger partial charge in [-0.05, 0) is 38.0 Å². The fourth-order valence-corrected chi connectivity index (χ4v) is 3.99. The Balaban J connectivity index is 1.62. The van der Waals surface area contributed by atoms with Crippen LogP contribution in [0.3, 0.4) is 0 Å². The molecule has 0 saturated carbocycles. The topological polar surface area (TPSA) is 81.9 Å². The second-order valence-corrected chi connectivity index (χ2v) is 7.85. The number of anilines is 1. The van der Waals surface area contributed by atoms with Crippen molar-refractivity contribution in [2.75, 3.05) is 11.1 Å². The van der Waals surface area contributed by atoms with Crippen LogP contribution in [0, 0.1) is 0 Å². The molecule has 3 rings (SSSR count). The van der Waals surface area contributed by atoms with Gasteiger partial charge in [0, 0.05) is 18.1 Å². The van der Waals surface area contributed by atoms with E-state index in [-0.39, 0.29) is 17.8 Å². The number of carbonyl (C=O) groups excluding carboxylic acids is 1. The summed E-state index contributed by atoms with van der Waals surface area (Å²) in [6.07, 6.45) is 2.40. The first kappa shape index (κ1) is 20.3. The molecule has 3 aromatic rings. The third kappa shape index (κ3) is 5.11. The zero-order chi connectivity index (χ0) is 19.9. The summed E-state index contributed by atoms with van der Waals surface area (Å²) in [5.74, 6) is 1.66. The van der Waals surface area contributed by atoms with Crippen molar-refractivity contribution in [1.29, 1.82) is 0 Å². The van der Waals surface area contributed by atoms with E-state index in [0.29, 0.717) is 16.8 Å².